The molecule has 0 spiro atoms. The molecule has 66 heavy (non-hydrogen) atoms. The summed E-state index contributed by atoms with van der Waals surface area (Å²) in [5.41, 5.74) is 8.68. The average Bonchev–Trinajstić information content (AvgIpc) is 3.33. The first-order chi connectivity index (χ1) is 32.1. The number of ether oxygens (including phenoxy) is 4. The maximum atomic E-state index is 13.4. The normalized spacial score (nSPS) is 10.8. The molecule has 0 radical (unpaired) electrons. The van der Waals surface area contributed by atoms with Crippen molar-refractivity contribution in [1.82, 2.24) is 0 Å². The van der Waals surface area contributed by atoms with Crippen LogP contribution in [0.25, 0.3) is 22.3 Å². The molecule has 0 heterocycles. The monoisotopic (exact) mass is 878 g/mol. The summed E-state index contributed by atoms with van der Waals surface area (Å²) in [4.78, 5) is 53.3. The van der Waals surface area contributed by atoms with Crippen molar-refractivity contribution < 1.29 is 38.1 Å². The summed E-state index contributed by atoms with van der Waals surface area (Å²) in [6.07, 6.45) is 9.31. The van der Waals surface area contributed by atoms with Gasteiger partial charge in [0.05, 0.1) is 22.3 Å². The fourth-order valence-corrected chi connectivity index (χ4v) is 7.62. The van der Waals surface area contributed by atoms with Gasteiger partial charge in [0.25, 0.3) is 0 Å². The first-order valence-corrected chi connectivity index (χ1v) is 22.7. The Bertz CT molecular complexity index is 2600. The Morgan fingerprint density at radius 3 is 1.09 bits per heavy atom. The van der Waals surface area contributed by atoms with E-state index in [0.29, 0.717) is 22.3 Å². The van der Waals surface area contributed by atoms with Gasteiger partial charge in [-0.1, -0.05) is 131 Å². The van der Waals surface area contributed by atoms with Crippen LogP contribution in [0.1, 0.15) is 116 Å². The van der Waals surface area contributed by atoms with Gasteiger partial charge in [0, 0.05) is 17.2 Å². The summed E-state index contributed by atoms with van der Waals surface area (Å²) in [5, 5.41) is 0. The molecule has 8 heteroatoms. The van der Waals surface area contributed by atoms with E-state index >= 15 is 0 Å². The molecule has 8 nitrogen and oxygen atoms in total. The number of unbranched alkanes of at least 4 members (excludes halogenated alkanes) is 4. The molecule has 0 atom stereocenters. The SMILES string of the molecule is CCCCCc1ccc(-c2ccc(C(=O)Oc3cccc(C(=O)Oc4cccc(OC(=O)c5cccc(OC(=O)c6ccc(-c7ccc(CCCCC)cc7)cc6)c5C)c4)c3C)cc2)cc1. The number of benzene rings is 7. The lowest BCUT2D eigenvalue weighted by molar-refractivity contribution is 0.0706. The van der Waals surface area contributed by atoms with E-state index in [1.165, 1.54) is 55.7 Å². The van der Waals surface area contributed by atoms with E-state index in [4.69, 9.17) is 18.9 Å². The highest BCUT2D eigenvalue weighted by molar-refractivity contribution is 5.96. The van der Waals surface area contributed by atoms with Crippen LogP contribution < -0.4 is 18.9 Å². The van der Waals surface area contributed by atoms with Crippen molar-refractivity contribution in [2.45, 2.75) is 79.1 Å². The van der Waals surface area contributed by atoms with Crippen LogP contribution in [0, 0.1) is 13.8 Å². The van der Waals surface area contributed by atoms with Gasteiger partial charge in [-0.15, -0.1) is 0 Å². The molecule has 334 valence electrons. The lowest BCUT2D eigenvalue weighted by Gasteiger charge is -2.13. The van der Waals surface area contributed by atoms with E-state index in [0.717, 1.165) is 35.1 Å². The second-order valence-corrected chi connectivity index (χ2v) is 16.4. The van der Waals surface area contributed by atoms with E-state index in [2.05, 4.69) is 62.4 Å². The molecule has 7 aromatic carbocycles. The van der Waals surface area contributed by atoms with Gasteiger partial charge in [-0.25, -0.2) is 19.2 Å². The molecule has 0 bridgehead atoms. The van der Waals surface area contributed by atoms with Crippen molar-refractivity contribution in [2.24, 2.45) is 0 Å². The second kappa shape index (κ2) is 22.4. The maximum Gasteiger partial charge on any atom is 0.343 e. The average molecular weight is 879 g/mol. The van der Waals surface area contributed by atoms with Gasteiger partial charge < -0.3 is 18.9 Å². The zero-order valence-electron chi connectivity index (χ0n) is 37.9. The van der Waals surface area contributed by atoms with Crippen LogP contribution in [0.2, 0.25) is 0 Å². The maximum absolute atomic E-state index is 13.4. The molecule has 0 aliphatic rings. The fourth-order valence-electron chi connectivity index (χ4n) is 7.62. The van der Waals surface area contributed by atoms with Gasteiger partial charge in [0.15, 0.2) is 0 Å². The van der Waals surface area contributed by atoms with Gasteiger partial charge in [0.1, 0.15) is 23.0 Å². The van der Waals surface area contributed by atoms with Gasteiger partial charge in [-0.3, -0.25) is 0 Å². The van der Waals surface area contributed by atoms with Gasteiger partial charge in [-0.05, 0) is 134 Å². The molecular weight excluding hydrogens is 825 g/mol. The van der Waals surface area contributed by atoms with Crippen LogP contribution in [-0.2, 0) is 12.8 Å². The molecule has 0 aliphatic carbocycles. The predicted molar refractivity (Wildman–Crippen MR) is 259 cm³/mol. The summed E-state index contributed by atoms with van der Waals surface area (Å²) in [5.74, 6) is -1.82. The quantitative estimate of drug-likeness (QED) is 0.0477. The molecule has 0 unspecified atom stereocenters. The molecule has 7 aromatic rings. The summed E-state index contributed by atoms with van der Waals surface area (Å²) in [6.45, 7) is 7.75. The Hall–Kier alpha value is -7.58. The molecule has 0 saturated heterocycles. The molecule has 0 aliphatic heterocycles. The minimum absolute atomic E-state index is 0.128. The third kappa shape index (κ3) is 12.0. The number of rotatable bonds is 18. The number of carbonyl (C=O) groups is 4. The van der Waals surface area contributed by atoms with E-state index in [1.807, 2.05) is 24.3 Å². The zero-order valence-corrected chi connectivity index (χ0v) is 37.9. The number of aryl methyl sites for hydroxylation is 2. The summed E-state index contributed by atoms with van der Waals surface area (Å²) >= 11 is 0. The van der Waals surface area contributed by atoms with Crippen molar-refractivity contribution in [1.29, 1.82) is 0 Å². The number of hydrogen-bond acceptors (Lipinski definition) is 8. The highest BCUT2D eigenvalue weighted by Crippen LogP contribution is 2.29. The largest absolute Gasteiger partial charge is 0.423 e. The Kier molecular flexibility index (Phi) is 15.7. The van der Waals surface area contributed by atoms with Crippen LogP contribution in [0.3, 0.4) is 0 Å². The van der Waals surface area contributed by atoms with E-state index < -0.39 is 23.9 Å². The van der Waals surface area contributed by atoms with Crippen LogP contribution in [-0.4, -0.2) is 23.9 Å². The predicted octanol–water partition coefficient (Wildman–Crippen LogP) is 14.0. The first-order valence-electron chi connectivity index (χ1n) is 22.7. The van der Waals surface area contributed by atoms with Crippen LogP contribution in [0.5, 0.6) is 23.0 Å². The molecule has 0 N–H and O–H groups in total. The van der Waals surface area contributed by atoms with E-state index in [9.17, 15) is 19.2 Å². The van der Waals surface area contributed by atoms with Crippen molar-refractivity contribution in [2.75, 3.05) is 0 Å². The summed E-state index contributed by atoms with van der Waals surface area (Å²) in [7, 11) is 0. The van der Waals surface area contributed by atoms with Crippen molar-refractivity contribution in [3.05, 3.63) is 202 Å². The number of hydrogen-bond donors (Lipinski definition) is 0. The van der Waals surface area contributed by atoms with Crippen LogP contribution in [0.15, 0.2) is 158 Å². The van der Waals surface area contributed by atoms with Crippen molar-refractivity contribution >= 4 is 23.9 Å². The molecule has 0 amide bonds. The smallest absolute Gasteiger partial charge is 0.343 e. The second-order valence-electron chi connectivity index (χ2n) is 16.4. The molecular formula is C58H54O8. The third-order valence-corrected chi connectivity index (χ3v) is 11.6. The number of esters is 4. The first kappa shape index (κ1) is 46.4. The van der Waals surface area contributed by atoms with E-state index in [1.54, 1.807) is 92.7 Å². The third-order valence-electron chi connectivity index (χ3n) is 11.6. The molecule has 0 saturated carbocycles. The standard InChI is InChI=1S/C58H54O8/c1-5-7-9-14-41-22-26-43(27-23-41)45-30-34-47(35-31-45)55(59)65-53-20-12-18-51(39(53)3)57(61)63-49-16-11-17-50(38-49)64-58(62)52-19-13-21-54(40(52)4)66-56(60)48-36-32-46(33-37-48)44-28-24-42(25-29-44)15-10-8-6-2/h11-13,16-38H,5-10,14-15H2,1-4H3. The summed E-state index contributed by atoms with van der Waals surface area (Å²) < 4.78 is 22.9. The Balaban J connectivity index is 0.937. The van der Waals surface area contributed by atoms with Crippen molar-refractivity contribution in [3.8, 4) is 45.3 Å². The molecule has 0 fully saturated rings. The highest BCUT2D eigenvalue weighted by atomic mass is 16.6. The minimum Gasteiger partial charge on any atom is -0.423 e. The lowest BCUT2D eigenvalue weighted by Crippen LogP contribution is -2.14. The Labute approximate surface area is 387 Å². The Morgan fingerprint density at radius 2 is 0.727 bits per heavy atom. The minimum atomic E-state index is -0.693. The van der Waals surface area contributed by atoms with Crippen LogP contribution in [0.4, 0.5) is 0 Å². The topological polar surface area (TPSA) is 105 Å². The van der Waals surface area contributed by atoms with Crippen molar-refractivity contribution in [3.63, 3.8) is 0 Å². The highest BCUT2D eigenvalue weighted by Gasteiger charge is 2.20. The van der Waals surface area contributed by atoms with E-state index in [-0.39, 0.29) is 34.1 Å². The fraction of sp³-hybridized carbons (Fsp3) is 0.207. The van der Waals surface area contributed by atoms with Crippen LogP contribution >= 0.6 is 0 Å². The summed E-state index contributed by atoms with van der Waals surface area (Å²) in [6, 6.07) is 47.2. The molecule has 7 rings (SSSR count). The number of carbonyl (C=O) groups excluding carboxylic acids is 4. The van der Waals surface area contributed by atoms with Gasteiger partial charge >= 0.3 is 23.9 Å². The lowest BCUT2D eigenvalue weighted by atomic mass is 10.0. The Morgan fingerprint density at radius 1 is 0.379 bits per heavy atom. The zero-order chi connectivity index (χ0) is 46.4. The van der Waals surface area contributed by atoms with Gasteiger partial charge in [-0.2, -0.15) is 0 Å². The molecule has 0 aromatic heterocycles. The van der Waals surface area contributed by atoms with Gasteiger partial charge in [0.2, 0.25) is 0 Å².